The SMILES string of the molecule is Cc1nnco1.Cl. The topological polar surface area (TPSA) is 38.9 Å². The van der Waals surface area contributed by atoms with Gasteiger partial charge in [-0.05, 0) is 0 Å². The fourth-order valence-corrected chi connectivity index (χ4v) is 0.228. The van der Waals surface area contributed by atoms with Gasteiger partial charge in [-0.2, -0.15) is 0 Å². The van der Waals surface area contributed by atoms with Gasteiger partial charge in [0.25, 0.3) is 0 Å². The Morgan fingerprint density at radius 3 is 2.57 bits per heavy atom. The van der Waals surface area contributed by atoms with Gasteiger partial charge in [0.05, 0.1) is 0 Å². The molecule has 1 aromatic heterocycles. The van der Waals surface area contributed by atoms with Gasteiger partial charge in [0.1, 0.15) is 0 Å². The van der Waals surface area contributed by atoms with Gasteiger partial charge < -0.3 is 4.42 Å². The van der Waals surface area contributed by atoms with Crippen molar-refractivity contribution in [2.75, 3.05) is 0 Å². The van der Waals surface area contributed by atoms with E-state index in [0.717, 1.165) is 0 Å². The second-order valence-corrected chi connectivity index (χ2v) is 0.958. The number of rotatable bonds is 0. The van der Waals surface area contributed by atoms with Gasteiger partial charge in [-0.25, -0.2) is 0 Å². The van der Waals surface area contributed by atoms with Crippen molar-refractivity contribution in [3.8, 4) is 0 Å². The number of halogens is 1. The quantitative estimate of drug-likeness (QED) is 0.508. The van der Waals surface area contributed by atoms with E-state index in [-0.39, 0.29) is 12.4 Å². The Morgan fingerprint density at radius 2 is 2.43 bits per heavy atom. The van der Waals surface area contributed by atoms with Crippen LogP contribution < -0.4 is 0 Å². The second kappa shape index (κ2) is 2.58. The van der Waals surface area contributed by atoms with Crippen LogP contribution >= 0.6 is 12.4 Å². The van der Waals surface area contributed by atoms with Crippen LogP contribution in [0.4, 0.5) is 0 Å². The van der Waals surface area contributed by atoms with E-state index in [9.17, 15) is 0 Å². The van der Waals surface area contributed by atoms with Gasteiger partial charge in [0.2, 0.25) is 12.3 Å². The van der Waals surface area contributed by atoms with Crippen molar-refractivity contribution in [1.82, 2.24) is 10.2 Å². The van der Waals surface area contributed by atoms with Gasteiger partial charge in [-0.1, -0.05) is 0 Å². The van der Waals surface area contributed by atoms with Crippen molar-refractivity contribution in [3.63, 3.8) is 0 Å². The molecule has 1 aromatic rings. The fourth-order valence-electron chi connectivity index (χ4n) is 0.228. The first kappa shape index (κ1) is 6.43. The molecule has 40 valence electrons. The average Bonchev–Trinajstić information content (AvgIpc) is 1.86. The Hall–Kier alpha value is -0.570. The van der Waals surface area contributed by atoms with Crippen LogP contribution in [-0.2, 0) is 0 Å². The summed E-state index contributed by atoms with van der Waals surface area (Å²) in [6.07, 6.45) is 1.30. The highest BCUT2D eigenvalue weighted by atomic mass is 35.5. The lowest BCUT2D eigenvalue weighted by Gasteiger charge is -1.63. The number of hydrogen-bond acceptors (Lipinski definition) is 3. The summed E-state index contributed by atoms with van der Waals surface area (Å²) in [6, 6.07) is 0. The zero-order valence-electron chi connectivity index (χ0n) is 3.79. The van der Waals surface area contributed by atoms with E-state index in [1.165, 1.54) is 6.39 Å². The number of aryl methyl sites for hydroxylation is 1. The molecular weight excluding hydrogens is 115 g/mol. The van der Waals surface area contributed by atoms with Crippen LogP contribution in [-0.4, -0.2) is 10.2 Å². The molecule has 1 rings (SSSR count). The van der Waals surface area contributed by atoms with Gasteiger partial charge >= 0.3 is 0 Å². The summed E-state index contributed by atoms with van der Waals surface area (Å²) in [5.41, 5.74) is 0. The third kappa shape index (κ3) is 1.55. The summed E-state index contributed by atoms with van der Waals surface area (Å²) in [5, 5.41) is 6.91. The standard InChI is InChI=1S/C3H4N2O.ClH/c1-3-5-4-2-6-3;/h2H,1H3;1H. The maximum atomic E-state index is 4.61. The first-order valence-electron chi connectivity index (χ1n) is 1.62. The molecule has 1 heterocycles. The minimum atomic E-state index is 0. The summed E-state index contributed by atoms with van der Waals surface area (Å²) in [4.78, 5) is 0. The third-order valence-electron chi connectivity index (χ3n) is 0.469. The van der Waals surface area contributed by atoms with Crippen molar-refractivity contribution < 1.29 is 4.42 Å². The normalized spacial score (nSPS) is 7.57. The molecule has 0 atom stereocenters. The van der Waals surface area contributed by atoms with Crippen molar-refractivity contribution in [1.29, 1.82) is 0 Å². The maximum Gasteiger partial charge on any atom is 0.213 e. The predicted molar refractivity (Wildman–Crippen MR) is 26.3 cm³/mol. The van der Waals surface area contributed by atoms with E-state index in [2.05, 4.69) is 14.6 Å². The zero-order valence-corrected chi connectivity index (χ0v) is 4.60. The smallest absolute Gasteiger partial charge is 0.213 e. The first-order valence-corrected chi connectivity index (χ1v) is 1.62. The summed E-state index contributed by atoms with van der Waals surface area (Å²) in [5.74, 6) is 0.606. The molecule has 0 saturated carbocycles. The van der Waals surface area contributed by atoms with Crippen LogP contribution in [0.1, 0.15) is 5.89 Å². The van der Waals surface area contributed by atoms with Crippen LogP contribution in [0.2, 0.25) is 0 Å². The molecule has 0 N–H and O–H groups in total. The van der Waals surface area contributed by atoms with Crippen molar-refractivity contribution >= 4 is 12.4 Å². The monoisotopic (exact) mass is 120 g/mol. The van der Waals surface area contributed by atoms with Gasteiger partial charge in [0.15, 0.2) is 0 Å². The molecule has 0 bridgehead atoms. The van der Waals surface area contributed by atoms with Crippen molar-refractivity contribution in [2.24, 2.45) is 0 Å². The third-order valence-corrected chi connectivity index (χ3v) is 0.469. The largest absolute Gasteiger partial charge is 0.428 e. The van der Waals surface area contributed by atoms with Gasteiger partial charge in [-0.3, -0.25) is 0 Å². The molecule has 0 amide bonds. The van der Waals surface area contributed by atoms with E-state index in [0.29, 0.717) is 5.89 Å². The first-order chi connectivity index (χ1) is 2.89. The molecular formula is C3H5ClN2O. The van der Waals surface area contributed by atoms with E-state index < -0.39 is 0 Å². The zero-order chi connectivity index (χ0) is 4.41. The van der Waals surface area contributed by atoms with Crippen LogP contribution in [0.25, 0.3) is 0 Å². The highest BCUT2D eigenvalue weighted by Crippen LogP contribution is 1.82. The number of hydrogen-bond donors (Lipinski definition) is 0. The highest BCUT2D eigenvalue weighted by Gasteiger charge is 1.79. The Labute approximate surface area is 47.2 Å². The minimum Gasteiger partial charge on any atom is -0.428 e. The van der Waals surface area contributed by atoms with Crippen LogP contribution in [0.3, 0.4) is 0 Å². The predicted octanol–water partition coefficient (Wildman–Crippen LogP) is 0.800. The Balaban J connectivity index is 0.000000360. The summed E-state index contributed by atoms with van der Waals surface area (Å²) >= 11 is 0. The molecule has 0 saturated heterocycles. The molecule has 0 spiro atoms. The average molecular weight is 121 g/mol. The highest BCUT2D eigenvalue weighted by molar-refractivity contribution is 5.85. The summed E-state index contributed by atoms with van der Waals surface area (Å²) in [7, 11) is 0. The van der Waals surface area contributed by atoms with E-state index in [1.54, 1.807) is 6.92 Å². The van der Waals surface area contributed by atoms with Gasteiger partial charge in [0, 0.05) is 6.92 Å². The fraction of sp³-hybridized carbons (Fsp3) is 0.333. The Bertz CT molecular complexity index is 116. The molecule has 0 radical (unpaired) electrons. The van der Waals surface area contributed by atoms with E-state index in [4.69, 9.17) is 0 Å². The molecule has 0 unspecified atom stereocenters. The molecule has 0 aliphatic carbocycles. The van der Waals surface area contributed by atoms with E-state index in [1.807, 2.05) is 0 Å². The number of aromatic nitrogens is 2. The maximum absolute atomic E-state index is 4.61. The molecule has 7 heavy (non-hydrogen) atoms. The van der Waals surface area contributed by atoms with Crippen molar-refractivity contribution in [3.05, 3.63) is 12.3 Å². The summed E-state index contributed by atoms with van der Waals surface area (Å²) in [6.45, 7) is 1.74. The minimum absolute atomic E-state index is 0. The summed E-state index contributed by atoms with van der Waals surface area (Å²) < 4.78 is 4.61. The lowest BCUT2D eigenvalue weighted by Crippen LogP contribution is -1.65. The van der Waals surface area contributed by atoms with Crippen molar-refractivity contribution in [2.45, 2.75) is 6.92 Å². The molecule has 0 aromatic carbocycles. The van der Waals surface area contributed by atoms with Gasteiger partial charge in [-0.15, -0.1) is 22.6 Å². The Morgan fingerprint density at radius 1 is 1.71 bits per heavy atom. The Kier molecular flexibility index (Phi) is 2.37. The molecule has 4 heteroatoms. The molecule has 0 aliphatic heterocycles. The van der Waals surface area contributed by atoms with Crippen LogP contribution in [0.5, 0.6) is 0 Å². The second-order valence-electron chi connectivity index (χ2n) is 0.958. The van der Waals surface area contributed by atoms with Crippen LogP contribution in [0.15, 0.2) is 10.8 Å². The lowest BCUT2D eigenvalue weighted by molar-refractivity contribution is 0.518. The molecule has 0 fully saturated rings. The number of nitrogens with zero attached hydrogens (tertiary/aromatic N) is 2. The molecule has 0 aliphatic rings. The lowest BCUT2D eigenvalue weighted by atomic mass is 10.8. The molecule has 3 nitrogen and oxygen atoms in total. The van der Waals surface area contributed by atoms with E-state index >= 15 is 0 Å². The van der Waals surface area contributed by atoms with Crippen LogP contribution in [0, 0.1) is 6.92 Å².